The van der Waals surface area contributed by atoms with E-state index in [1.54, 1.807) is 0 Å². The van der Waals surface area contributed by atoms with Crippen LogP contribution in [0.15, 0.2) is 0 Å². The third-order valence-corrected chi connectivity index (χ3v) is 7.36. The van der Waals surface area contributed by atoms with Crippen LogP contribution in [0.3, 0.4) is 0 Å². The van der Waals surface area contributed by atoms with Crippen molar-refractivity contribution in [2.45, 2.75) is 0 Å². The molecule has 0 rings (SSSR count). The van der Waals surface area contributed by atoms with Crippen molar-refractivity contribution in [2.75, 3.05) is 0 Å². The molecule has 0 saturated heterocycles. The molecule has 83 valence electrons. The molecule has 0 aliphatic rings. The Balaban J connectivity index is -0.000000187. The van der Waals surface area contributed by atoms with Crippen LogP contribution in [0.1, 0.15) is 0 Å². The van der Waals surface area contributed by atoms with E-state index < -0.39 is 13.8 Å². The van der Waals surface area contributed by atoms with E-state index in [0.717, 1.165) is 0 Å². The first-order valence-electron chi connectivity index (χ1n) is 2.93. The van der Waals surface area contributed by atoms with E-state index in [1.807, 2.05) is 0 Å². The third-order valence-electron chi connectivity index (χ3n) is 1.79. The van der Waals surface area contributed by atoms with Crippen LogP contribution < -0.4 is 118 Å². The topological polar surface area (TPSA) is 186 Å². The molecule has 0 bridgehead atoms. The molecule has 0 spiro atoms. The van der Waals surface area contributed by atoms with Crippen LogP contribution in [0.25, 0.3) is 0 Å². The molecule has 14 heteroatoms. The fraction of sp³-hybridized carbons (Fsp3) is 0. The fourth-order valence-corrected chi connectivity index (χ4v) is 1.81. The molecule has 0 fully saturated rings. The van der Waals surface area contributed by atoms with Gasteiger partial charge in [-0.1, -0.05) is 0 Å². The fourth-order valence-electron chi connectivity index (χ4n) is 0.438. The summed E-state index contributed by atoms with van der Waals surface area (Å²) in [7, 11) is -8.25. The summed E-state index contributed by atoms with van der Waals surface area (Å²) in [5, 5.41) is 63.5. The number of nitrogens with zero attached hydrogens (tertiary/aromatic N) is 7. The van der Waals surface area contributed by atoms with Gasteiger partial charge in [0.1, 0.15) is 0 Å². The molecule has 0 aliphatic carbocycles. The smallest absolute Gasteiger partial charge is 1.00 e. The van der Waals surface area contributed by atoms with Gasteiger partial charge in [-0.2, -0.15) is 0 Å². The second kappa shape index (κ2) is 7.42. The SMILES string of the molecule is N#[C][Fe-4]([C]#N)([C]#N)([C]#N)([C]#N)([C]#N)[N+](=O)[O-].[Na+].[Na+].[Na+].[Na+]. The quantitative estimate of drug-likeness (QED) is 0.253. The van der Waals surface area contributed by atoms with Gasteiger partial charge in [0.25, 0.3) is 0 Å². The first-order valence-corrected chi connectivity index (χ1v) is 6.73. The Hall–Kier alpha value is 0.859. The number of rotatable bonds is 1. The van der Waals surface area contributed by atoms with Gasteiger partial charge in [-0.3, -0.25) is 0 Å². The van der Waals surface area contributed by atoms with Crippen LogP contribution >= 0.6 is 0 Å². The van der Waals surface area contributed by atoms with Crippen molar-refractivity contribution in [1.82, 2.24) is 0 Å². The molecule has 20 heavy (non-hydrogen) atoms. The number of hydrogen-bond acceptors (Lipinski definition) is 8. The molecule has 0 amide bonds. The molecule has 0 N–H and O–H groups in total. The van der Waals surface area contributed by atoms with Crippen LogP contribution in [-0.2, 0) is 9.90 Å². The third kappa shape index (κ3) is 2.52. The monoisotopic (exact) mass is 350 g/mol. The molecule has 0 aromatic carbocycles. The van der Waals surface area contributed by atoms with Gasteiger partial charge in [-0.25, -0.2) is 0 Å². The maximum absolute atomic E-state index is 10.9. The van der Waals surface area contributed by atoms with E-state index >= 15 is 0 Å². The van der Waals surface area contributed by atoms with Gasteiger partial charge in [-0.15, -0.1) is 0 Å². The summed E-state index contributed by atoms with van der Waals surface area (Å²) in [4.78, 5) is 14.2. The molecular weight excluding hydrogens is 350 g/mol. The molecule has 0 unspecified atom stereocenters. The standard InChI is InChI=1S/6CN.Fe.NO2.4Na/c6*1-2;;2-1-3;;;;/q;;;;;;-4;;4*+1. The van der Waals surface area contributed by atoms with Crippen molar-refractivity contribution in [2.24, 2.45) is 0 Å². The number of hydrogen-bond donors (Lipinski definition) is 0. The summed E-state index contributed by atoms with van der Waals surface area (Å²) in [6.07, 6.45) is 0. The summed E-state index contributed by atoms with van der Waals surface area (Å²) < 4.78 is -1.94. The second-order valence-electron chi connectivity index (χ2n) is 2.48. The first-order chi connectivity index (χ1) is 7.22. The number of nitro groups is 1. The largest absolute Gasteiger partial charge is 1.00 e. The van der Waals surface area contributed by atoms with Gasteiger partial charge in [0.05, 0.1) is 0 Å². The summed E-state index contributed by atoms with van der Waals surface area (Å²) in [5.74, 6) is 0. The molecule has 0 aromatic rings. The Morgan fingerprint density at radius 1 is 0.650 bits per heavy atom. The minimum absolute atomic E-state index is 0. The Labute approximate surface area is 199 Å². The van der Waals surface area contributed by atoms with Crippen molar-refractivity contribution < 1.29 is 132 Å². The Bertz CT molecular complexity index is 566. The zero-order valence-corrected chi connectivity index (χ0v) is 20.4. The van der Waals surface area contributed by atoms with Crippen molar-refractivity contribution in [3.8, 4) is 29.8 Å². The zero-order valence-electron chi connectivity index (χ0n) is 11.3. The Morgan fingerprint density at radius 3 is 0.800 bits per heavy atom. The van der Waals surface area contributed by atoms with Crippen LogP contribution in [0.5, 0.6) is 0 Å². The van der Waals surface area contributed by atoms with Gasteiger partial charge in [0.15, 0.2) is 0 Å². The predicted molar refractivity (Wildman–Crippen MR) is 40.7 cm³/mol. The summed E-state index contributed by atoms with van der Waals surface area (Å²) in [6.45, 7) is 0. The van der Waals surface area contributed by atoms with Crippen LogP contribution in [0, 0.1) is 71.5 Å². The maximum atomic E-state index is 10.9. The predicted octanol–water partition coefficient (Wildman–Crippen LogP) is -12.2. The van der Waals surface area contributed by atoms with Gasteiger partial charge in [0.2, 0.25) is 0 Å². The van der Waals surface area contributed by atoms with Crippen LogP contribution in [-0.4, -0.2) is 3.94 Å². The molecular formula is C6FeN7Na4O2. The van der Waals surface area contributed by atoms with E-state index in [0.29, 0.717) is 29.8 Å². The first kappa shape index (κ1) is 32.7. The summed E-state index contributed by atoms with van der Waals surface area (Å²) in [5.41, 5.74) is 0. The molecule has 0 aliphatic heterocycles. The molecule has 0 radical (unpaired) electrons. The molecule has 0 saturated carbocycles. The summed E-state index contributed by atoms with van der Waals surface area (Å²) >= 11 is 0. The molecule has 9 nitrogen and oxygen atoms in total. The van der Waals surface area contributed by atoms with Crippen molar-refractivity contribution in [1.29, 1.82) is 31.6 Å². The number of nitriles is 6. The van der Waals surface area contributed by atoms with Gasteiger partial charge in [0, 0.05) is 0 Å². The van der Waals surface area contributed by atoms with Crippen LogP contribution in [0.4, 0.5) is 0 Å². The Morgan fingerprint density at radius 2 is 0.800 bits per heavy atom. The van der Waals surface area contributed by atoms with Gasteiger partial charge in [-0.05, 0) is 0 Å². The van der Waals surface area contributed by atoms with E-state index in [2.05, 4.69) is 0 Å². The minimum Gasteiger partial charge on any atom is 1.00 e. The van der Waals surface area contributed by atoms with E-state index in [4.69, 9.17) is 31.6 Å². The molecule has 0 aromatic heterocycles. The van der Waals surface area contributed by atoms with E-state index in [9.17, 15) is 10.1 Å². The van der Waals surface area contributed by atoms with Crippen LogP contribution in [0.2, 0.25) is 0 Å². The molecule has 0 atom stereocenters. The Kier molecular flexibility index (Phi) is 12.1. The van der Waals surface area contributed by atoms with Gasteiger partial charge < -0.3 is 0 Å². The van der Waals surface area contributed by atoms with E-state index in [1.165, 1.54) is 0 Å². The minimum atomic E-state index is -8.25. The van der Waals surface area contributed by atoms with Gasteiger partial charge >= 0.3 is 204 Å². The van der Waals surface area contributed by atoms with Crippen molar-refractivity contribution in [3.63, 3.8) is 0 Å². The average Bonchev–Trinajstić information content (AvgIpc) is 2.37. The molecule has 0 heterocycles. The normalized spacial score (nSPS) is 12.4. The zero-order chi connectivity index (χ0) is 13.2. The van der Waals surface area contributed by atoms with Crippen molar-refractivity contribution in [3.05, 3.63) is 10.1 Å². The van der Waals surface area contributed by atoms with E-state index in [-0.39, 0.29) is 118 Å². The average molecular weight is 350 g/mol. The summed E-state index contributed by atoms with van der Waals surface area (Å²) in [6, 6.07) is 0. The second-order valence-corrected chi connectivity index (χ2v) is 9.98. The maximum Gasteiger partial charge on any atom is 1.00 e. The van der Waals surface area contributed by atoms with Crippen molar-refractivity contribution >= 4 is 0 Å².